The number of thiophene rings is 1. The Labute approximate surface area is 129 Å². The first-order chi connectivity index (χ1) is 9.72. The molecular weight excluding hydrogens is 310 g/mol. The summed E-state index contributed by atoms with van der Waals surface area (Å²) in [5, 5.41) is 2.82. The zero-order chi connectivity index (χ0) is 13.9. The van der Waals surface area contributed by atoms with Crippen LogP contribution in [0.1, 0.15) is 14.7 Å². The standard InChI is InChI=1S/C15H10ClNOS2/c16-14-7-6-13(20-14)12(18)8-15-17-11(9-19-15)10-4-2-1-3-5-10/h1-7,9H,8H2. The van der Waals surface area contributed by atoms with Gasteiger partial charge in [-0.1, -0.05) is 41.9 Å². The Bertz CT molecular complexity index is 733. The molecule has 0 bridgehead atoms. The minimum absolute atomic E-state index is 0.0656. The highest BCUT2D eigenvalue weighted by Gasteiger charge is 2.12. The molecule has 0 atom stereocenters. The number of hydrogen-bond acceptors (Lipinski definition) is 4. The fourth-order valence-electron chi connectivity index (χ4n) is 1.82. The predicted molar refractivity (Wildman–Crippen MR) is 84.9 cm³/mol. The molecule has 0 aliphatic carbocycles. The number of carbonyl (C=O) groups excluding carboxylic acids is 1. The van der Waals surface area contributed by atoms with Crippen molar-refractivity contribution in [3.05, 3.63) is 62.1 Å². The minimum atomic E-state index is 0.0656. The van der Waals surface area contributed by atoms with Crippen LogP contribution >= 0.6 is 34.3 Å². The first-order valence-corrected chi connectivity index (χ1v) is 8.08. The number of hydrogen-bond donors (Lipinski definition) is 0. The van der Waals surface area contributed by atoms with Crippen LogP contribution in [0.15, 0.2) is 47.8 Å². The van der Waals surface area contributed by atoms with Gasteiger partial charge in [0, 0.05) is 10.9 Å². The van der Waals surface area contributed by atoms with E-state index in [1.54, 1.807) is 12.1 Å². The van der Waals surface area contributed by atoms with Crippen LogP contribution in [-0.2, 0) is 6.42 Å². The topological polar surface area (TPSA) is 30.0 Å². The van der Waals surface area contributed by atoms with Gasteiger partial charge in [-0.3, -0.25) is 4.79 Å². The average Bonchev–Trinajstić information content (AvgIpc) is 3.09. The maximum absolute atomic E-state index is 12.1. The second kappa shape index (κ2) is 5.87. The smallest absolute Gasteiger partial charge is 0.179 e. The van der Waals surface area contributed by atoms with E-state index in [9.17, 15) is 4.79 Å². The fraction of sp³-hybridized carbons (Fsp3) is 0.0667. The van der Waals surface area contributed by atoms with Crippen molar-refractivity contribution < 1.29 is 4.79 Å². The van der Waals surface area contributed by atoms with E-state index < -0.39 is 0 Å². The number of benzene rings is 1. The molecule has 3 aromatic rings. The van der Waals surface area contributed by atoms with E-state index in [4.69, 9.17) is 11.6 Å². The highest BCUT2D eigenvalue weighted by Crippen LogP contribution is 2.25. The van der Waals surface area contributed by atoms with Gasteiger partial charge in [0.15, 0.2) is 5.78 Å². The summed E-state index contributed by atoms with van der Waals surface area (Å²) in [4.78, 5) is 17.3. The summed E-state index contributed by atoms with van der Waals surface area (Å²) < 4.78 is 0.637. The molecule has 5 heteroatoms. The third-order valence-corrected chi connectivity index (χ3v) is 4.90. The van der Waals surface area contributed by atoms with Crippen molar-refractivity contribution >= 4 is 40.1 Å². The molecule has 0 fully saturated rings. The van der Waals surface area contributed by atoms with Crippen molar-refractivity contribution in [2.24, 2.45) is 0 Å². The lowest BCUT2D eigenvalue weighted by atomic mass is 10.2. The third-order valence-electron chi connectivity index (χ3n) is 2.78. The molecule has 0 saturated heterocycles. The van der Waals surface area contributed by atoms with Gasteiger partial charge in [-0.2, -0.15) is 0 Å². The second-order valence-electron chi connectivity index (χ2n) is 4.20. The first-order valence-electron chi connectivity index (χ1n) is 6.01. The summed E-state index contributed by atoms with van der Waals surface area (Å²) in [7, 11) is 0. The third kappa shape index (κ3) is 2.98. The van der Waals surface area contributed by atoms with Crippen LogP contribution in [0, 0.1) is 0 Å². The summed E-state index contributed by atoms with van der Waals surface area (Å²) in [6.07, 6.45) is 0.328. The number of Topliss-reactive ketones (excluding diaryl/α,β-unsaturated/α-hetero) is 1. The Balaban J connectivity index is 1.76. The molecule has 0 aliphatic rings. The van der Waals surface area contributed by atoms with Crippen LogP contribution in [-0.4, -0.2) is 10.8 Å². The zero-order valence-electron chi connectivity index (χ0n) is 10.4. The zero-order valence-corrected chi connectivity index (χ0v) is 12.8. The molecule has 2 nitrogen and oxygen atoms in total. The summed E-state index contributed by atoms with van der Waals surface area (Å²) in [6, 6.07) is 13.5. The van der Waals surface area contributed by atoms with Gasteiger partial charge in [0.25, 0.3) is 0 Å². The average molecular weight is 320 g/mol. The number of nitrogens with zero attached hydrogens (tertiary/aromatic N) is 1. The van der Waals surface area contributed by atoms with Crippen LogP contribution in [0.5, 0.6) is 0 Å². The van der Waals surface area contributed by atoms with E-state index in [1.165, 1.54) is 22.7 Å². The molecule has 2 heterocycles. The summed E-state index contributed by atoms with van der Waals surface area (Å²) in [5.41, 5.74) is 1.99. The Morgan fingerprint density at radius 1 is 1.15 bits per heavy atom. The van der Waals surface area contributed by atoms with E-state index in [0.717, 1.165) is 16.3 Å². The molecule has 20 heavy (non-hydrogen) atoms. The largest absolute Gasteiger partial charge is 0.293 e. The van der Waals surface area contributed by atoms with Gasteiger partial charge in [0.05, 0.1) is 21.3 Å². The van der Waals surface area contributed by atoms with Gasteiger partial charge in [0.2, 0.25) is 0 Å². The van der Waals surface area contributed by atoms with Crippen molar-refractivity contribution in [1.82, 2.24) is 4.98 Å². The molecule has 0 amide bonds. The van der Waals surface area contributed by atoms with Gasteiger partial charge in [-0.25, -0.2) is 4.98 Å². The summed E-state index contributed by atoms with van der Waals surface area (Å²) in [5.74, 6) is 0.0656. The van der Waals surface area contributed by atoms with Gasteiger partial charge < -0.3 is 0 Å². The molecule has 100 valence electrons. The number of carbonyl (C=O) groups is 1. The maximum atomic E-state index is 12.1. The van der Waals surface area contributed by atoms with Crippen LogP contribution in [0.3, 0.4) is 0 Å². The quantitative estimate of drug-likeness (QED) is 0.637. The number of thiazole rings is 1. The van der Waals surface area contributed by atoms with Gasteiger partial charge in [-0.15, -0.1) is 22.7 Å². The van der Waals surface area contributed by atoms with Gasteiger partial charge in [-0.05, 0) is 12.1 Å². The Hall–Kier alpha value is -1.49. The van der Waals surface area contributed by atoms with E-state index in [0.29, 0.717) is 15.6 Å². The normalized spacial score (nSPS) is 10.7. The molecule has 0 N–H and O–H groups in total. The molecule has 3 rings (SSSR count). The Morgan fingerprint density at radius 3 is 2.65 bits per heavy atom. The molecule has 0 radical (unpaired) electrons. The summed E-state index contributed by atoms with van der Waals surface area (Å²) >= 11 is 8.67. The monoisotopic (exact) mass is 319 g/mol. The minimum Gasteiger partial charge on any atom is -0.293 e. The SMILES string of the molecule is O=C(Cc1nc(-c2ccccc2)cs1)c1ccc(Cl)s1. The van der Waals surface area contributed by atoms with Crippen molar-refractivity contribution in [2.45, 2.75) is 6.42 Å². The summed E-state index contributed by atoms with van der Waals surface area (Å²) in [6.45, 7) is 0. The number of rotatable bonds is 4. The lowest BCUT2D eigenvalue weighted by molar-refractivity contribution is 0.0997. The highest BCUT2D eigenvalue weighted by molar-refractivity contribution is 7.18. The lowest BCUT2D eigenvalue weighted by Gasteiger charge is -1.95. The molecule has 0 aliphatic heterocycles. The van der Waals surface area contributed by atoms with E-state index >= 15 is 0 Å². The van der Waals surface area contributed by atoms with Crippen LogP contribution in [0.4, 0.5) is 0 Å². The van der Waals surface area contributed by atoms with Crippen LogP contribution in [0.2, 0.25) is 4.34 Å². The Morgan fingerprint density at radius 2 is 1.95 bits per heavy atom. The van der Waals surface area contributed by atoms with E-state index in [1.807, 2.05) is 35.7 Å². The molecule has 1 aromatic carbocycles. The number of aromatic nitrogens is 1. The second-order valence-corrected chi connectivity index (χ2v) is 6.85. The Kier molecular flexibility index (Phi) is 3.96. The molecular formula is C15H10ClNOS2. The maximum Gasteiger partial charge on any atom is 0.179 e. The van der Waals surface area contributed by atoms with Crippen molar-refractivity contribution in [3.8, 4) is 11.3 Å². The lowest BCUT2D eigenvalue weighted by Crippen LogP contribution is -2.00. The van der Waals surface area contributed by atoms with E-state index in [-0.39, 0.29) is 5.78 Å². The van der Waals surface area contributed by atoms with Crippen molar-refractivity contribution in [2.75, 3.05) is 0 Å². The molecule has 0 unspecified atom stereocenters. The van der Waals surface area contributed by atoms with Crippen LogP contribution < -0.4 is 0 Å². The van der Waals surface area contributed by atoms with Crippen molar-refractivity contribution in [3.63, 3.8) is 0 Å². The van der Waals surface area contributed by atoms with Gasteiger partial charge in [0.1, 0.15) is 5.01 Å². The molecule has 0 spiro atoms. The van der Waals surface area contributed by atoms with Gasteiger partial charge >= 0.3 is 0 Å². The number of ketones is 1. The van der Waals surface area contributed by atoms with Crippen LogP contribution in [0.25, 0.3) is 11.3 Å². The first kappa shape index (κ1) is 13.5. The van der Waals surface area contributed by atoms with E-state index in [2.05, 4.69) is 4.98 Å². The fourth-order valence-corrected chi connectivity index (χ4v) is 3.60. The predicted octanol–water partition coefficient (Wildman–Crippen LogP) is 4.95. The highest BCUT2D eigenvalue weighted by atomic mass is 35.5. The number of halogens is 1. The molecule has 0 saturated carbocycles. The van der Waals surface area contributed by atoms with Crippen molar-refractivity contribution in [1.29, 1.82) is 0 Å². The molecule has 2 aromatic heterocycles.